The molecule has 0 bridgehead atoms. The Bertz CT molecular complexity index is 538. The van der Waals surface area contributed by atoms with Crippen LogP contribution in [0.3, 0.4) is 0 Å². The van der Waals surface area contributed by atoms with Crippen molar-refractivity contribution in [2.45, 2.75) is 46.1 Å². The van der Waals surface area contributed by atoms with E-state index in [1.165, 1.54) is 0 Å². The van der Waals surface area contributed by atoms with Crippen LogP contribution in [0.25, 0.3) is 5.95 Å². The summed E-state index contributed by atoms with van der Waals surface area (Å²) in [5, 5.41) is 6.53. The Labute approximate surface area is 125 Å². The maximum atomic E-state index is 4.46. The zero-order chi connectivity index (χ0) is 15.1. The van der Waals surface area contributed by atoms with Crippen LogP contribution in [0.2, 0.25) is 0 Å². The van der Waals surface area contributed by atoms with Gasteiger partial charge in [-0.15, -0.1) is 0 Å². The summed E-state index contributed by atoms with van der Waals surface area (Å²) in [6.07, 6.45) is 8.41. The van der Waals surface area contributed by atoms with E-state index in [9.17, 15) is 0 Å². The average molecular weight is 289 g/mol. The molecule has 2 heterocycles. The van der Waals surface area contributed by atoms with Crippen molar-refractivity contribution in [2.24, 2.45) is 0 Å². The van der Waals surface area contributed by atoms with Crippen molar-refractivity contribution in [1.82, 2.24) is 24.5 Å². The van der Waals surface area contributed by atoms with Crippen molar-refractivity contribution in [3.63, 3.8) is 0 Å². The largest absolute Gasteiger partial charge is 0.354 e. The number of anilines is 2. The van der Waals surface area contributed by atoms with E-state index in [-0.39, 0.29) is 0 Å². The summed E-state index contributed by atoms with van der Waals surface area (Å²) < 4.78 is 1.77. The van der Waals surface area contributed by atoms with Gasteiger partial charge in [-0.2, -0.15) is 15.0 Å². The van der Waals surface area contributed by atoms with Crippen LogP contribution in [0.4, 0.5) is 11.9 Å². The summed E-state index contributed by atoms with van der Waals surface area (Å²) in [5.41, 5.74) is 0. The zero-order valence-electron chi connectivity index (χ0n) is 12.9. The van der Waals surface area contributed by atoms with E-state index in [0.717, 1.165) is 25.8 Å². The van der Waals surface area contributed by atoms with Crippen LogP contribution in [0.5, 0.6) is 0 Å². The Morgan fingerprint density at radius 2 is 1.95 bits per heavy atom. The fourth-order valence-corrected chi connectivity index (χ4v) is 1.96. The molecule has 7 nitrogen and oxygen atoms in total. The van der Waals surface area contributed by atoms with Gasteiger partial charge in [-0.25, -0.2) is 4.98 Å². The summed E-state index contributed by atoms with van der Waals surface area (Å²) in [5.74, 6) is 1.74. The van der Waals surface area contributed by atoms with Gasteiger partial charge >= 0.3 is 0 Å². The Hall–Kier alpha value is -2.18. The van der Waals surface area contributed by atoms with Gasteiger partial charge in [0.1, 0.15) is 6.33 Å². The number of imidazole rings is 1. The number of hydrogen-bond acceptors (Lipinski definition) is 6. The predicted molar refractivity (Wildman–Crippen MR) is 83.7 cm³/mol. The molecule has 0 aliphatic heterocycles. The Morgan fingerprint density at radius 3 is 2.62 bits per heavy atom. The molecular weight excluding hydrogens is 266 g/mol. The van der Waals surface area contributed by atoms with E-state index in [4.69, 9.17) is 0 Å². The molecule has 0 aromatic carbocycles. The van der Waals surface area contributed by atoms with Gasteiger partial charge in [-0.05, 0) is 19.8 Å². The Balaban J connectivity index is 2.24. The maximum Gasteiger partial charge on any atom is 0.241 e. The highest BCUT2D eigenvalue weighted by atomic mass is 15.3. The molecule has 0 aliphatic carbocycles. The highest BCUT2D eigenvalue weighted by Crippen LogP contribution is 2.11. The van der Waals surface area contributed by atoms with E-state index in [1.807, 2.05) is 6.20 Å². The predicted octanol–water partition coefficient (Wildman–Crippen LogP) is 2.48. The highest BCUT2D eigenvalue weighted by Gasteiger charge is 2.09. The number of hydrogen-bond donors (Lipinski definition) is 2. The Kier molecular flexibility index (Phi) is 5.48. The maximum absolute atomic E-state index is 4.46. The smallest absolute Gasteiger partial charge is 0.241 e. The van der Waals surface area contributed by atoms with Crippen LogP contribution >= 0.6 is 0 Å². The summed E-state index contributed by atoms with van der Waals surface area (Å²) in [7, 11) is 0. The Morgan fingerprint density at radius 1 is 1.14 bits per heavy atom. The topological polar surface area (TPSA) is 80.5 Å². The van der Waals surface area contributed by atoms with E-state index in [2.05, 4.69) is 51.3 Å². The lowest BCUT2D eigenvalue weighted by atomic mass is 10.2. The zero-order valence-corrected chi connectivity index (χ0v) is 12.9. The van der Waals surface area contributed by atoms with Crippen LogP contribution in [0.15, 0.2) is 18.7 Å². The third kappa shape index (κ3) is 4.40. The second-order valence-electron chi connectivity index (χ2n) is 5.01. The normalized spacial score (nSPS) is 12.1. The molecule has 0 spiro atoms. The molecule has 114 valence electrons. The standard InChI is InChI=1S/C14H23N7/c1-4-6-11(3)17-13-18-12(16-7-5-2)19-14(20-13)21-9-8-15-10-21/h8-11H,4-7H2,1-3H3,(H2,16,17,18,19,20). The monoisotopic (exact) mass is 289 g/mol. The van der Waals surface area contributed by atoms with Gasteiger partial charge in [-0.3, -0.25) is 4.57 Å². The quantitative estimate of drug-likeness (QED) is 0.777. The van der Waals surface area contributed by atoms with Gasteiger partial charge < -0.3 is 10.6 Å². The lowest BCUT2D eigenvalue weighted by molar-refractivity contribution is 0.682. The van der Waals surface area contributed by atoms with Crippen LogP contribution in [-0.2, 0) is 0 Å². The number of rotatable bonds is 8. The minimum Gasteiger partial charge on any atom is -0.354 e. The minimum atomic E-state index is 0.326. The molecule has 2 rings (SSSR count). The molecule has 1 unspecified atom stereocenters. The molecule has 0 aliphatic rings. The third-order valence-electron chi connectivity index (χ3n) is 2.99. The van der Waals surface area contributed by atoms with Crippen molar-refractivity contribution in [2.75, 3.05) is 17.2 Å². The van der Waals surface area contributed by atoms with E-state index >= 15 is 0 Å². The van der Waals surface area contributed by atoms with Crippen molar-refractivity contribution in [3.05, 3.63) is 18.7 Å². The van der Waals surface area contributed by atoms with Crippen LogP contribution in [0.1, 0.15) is 40.0 Å². The van der Waals surface area contributed by atoms with Gasteiger partial charge in [0, 0.05) is 25.0 Å². The first-order valence-electron chi connectivity index (χ1n) is 7.47. The molecule has 2 aromatic heterocycles. The summed E-state index contributed by atoms with van der Waals surface area (Å²) in [4.78, 5) is 17.3. The second-order valence-corrected chi connectivity index (χ2v) is 5.01. The molecule has 7 heteroatoms. The molecule has 0 radical (unpaired) electrons. The minimum absolute atomic E-state index is 0.326. The molecular formula is C14H23N7. The number of nitrogens with one attached hydrogen (secondary N) is 2. The summed E-state index contributed by atoms with van der Waals surface area (Å²) >= 11 is 0. The van der Waals surface area contributed by atoms with Crippen molar-refractivity contribution in [1.29, 1.82) is 0 Å². The lowest BCUT2D eigenvalue weighted by Gasteiger charge is -2.14. The van der Waals surface area contributed by atoms with Crippen molar-refractivity contribution < 1.29 is 0 Å². The van der Waals surface area contributed by atoms with Crippen LogP contribution < -0.4 is 10.6 Å². The molecule has 0 fully saturated rings. The lowest BCUT2D eigenvalue weighted by Crippen LogP contribution is -2.19. The van der Waals surface area contributed by atoms with Crippen LogP contribution in [0, 0.1) is 0 Å². The van der Waals surface area contributed by atoms with Gasteiger partial charge in [0.05, 0.1) is 0 Å². The van der Waals surface area contributed by atoms with Crippen LogP contribution in [-0.4, -0.2) is 37.1 Å². The molecule has 2 aromatic rings. The van der Waals surface area contributed by atoms with Gasteiger partial charge in [0.15, 0.2) is 0 Å². The fourth-order valence-electron chi connectivity index (χ4n) is 1.96. The van der Waals surface area contributed by atoms with E-state index < -0.39 is 0 Å². The van der Waals surface area contributed by atoms with Gasteiger partial charge in [0.25, 0.3) is 0 Å². The molecule has 0 saturated heterocycles. The number of aromatic nitrogens is 5. The summed E-state index contributed by atoms with van der Waals surface area (Å²) in [6, 6.07) is 0.326. The first-order valence-corrected chi connectivity index (χ1v) is 7.47. The van der Waals surface area contributed by atoms with Gasteiger partial charge in [-0.1, -0.05) is 20.3 Å². The van der Waals surface area contributed by atoms with E-state index in [0.29, 0.717) is 23.9 Å². The van der Waals surface area contributed by atoms with Crippen molar-refractivity contribution in [3.8, 4) is 5.95 Å². The molecule has 1 atom stereocenters. The average Bonchev–Trinajstić information content (AvgIpc) is 2.99. The third-order valence-corrected chi connectivity index (χ3v) is 2.99. The SMILES string of the molecule is CCCNc1nc(NC(C)CCC)nc(-n2ccnc2)n1. The van der Waals surface area contributed by atoms with E-state index in [1.54, 1.807) is 17.1 Å². The number of nitrogens with zero attached hydrogens (tertiary/aromatic N) is 5. The van der Waals surface area contributed by atoms with Gasteiger partial charge in [0.2, 0.25) is 17.8 Å². The molecule has 21 heavy (non-hydrogen) atoms. The second kappa shape index (κ2) is 7.56. The highest BCUT2D eigenvalue weighted by molar-refractivity contribution is 5.38. The first-order chi connectivity index (χ1) is 10.2. The van der Waals surface area contributed by atoms with Crippen molar-refractivity contribution >= 4 is 11.9 Å². The molecule has 0 saturated carbocycles. The molecule has 0 amide bonds. The molecule has 2 N–H and O–H groups in total. The summed E-state index contributed by atoms with van der Waals surface area (Å²) in [6.45, 7) is 7.23. The fraction of sp³-hybridized carbons (Fsp3) is 0.571. The first kappa shape index (κ1) is 15.2.